The largest absolute Gasteiger partial charge is 0.469 e. The Morgan fingerprint density at radius 1 is 1.06 bits per heavy atom. The first-order valence-corrected chi connectivity index (χ1v) is 9.79. The predicted molar refractivity (Wildman–Crippen MR) is 105 cm³/mol. The molecule has 0 bridgehead atoms. The van der Waals surface area contributed by atoms with Crippen LogP contribution in [-0.4, -0.2) is 72.9 Å². The van der Waals surface area contributed by atoms with Crippen LogP contribution in [0.25, 0.3) is 0 Å². The van der Waals surface area contributed by atoms with E-state index in [-0.39, 0.29) is 19.4 Å². The summed E-state index contributed by atoms with van der Waals surface area (Å²) in [6.07, 6.45) is 0.464. The molecule has 32 heavy (non-hydrogen) atoms. The summed E-state index contributed by atoms with van der Waals surface area (Å²) in [5.41, 5.74) is 5.64. The van der Waals surface area contributed by atoms with Gasteiger partial charge in [0.15, 0.2) is 18.4 Å². The zero-order valence-corrected chi connectivity index (χ0v) is 18.0. The Balaban J connectivity index is 2.20. The minimum atomic E-state index is -1.10. The molecule has 0 saturated carbocycles. The summed E-state index contributed by atoms with van der Waals surface area (Å²) in [6, 6.07) is 0. The zero-order valence-electron chi connectivity index (χ0n) is 18.0. The van der Waals surface area contributed by atoms with E-state index in [1.807, 2.05) is 0 Å². The van der Waals surface area contributed by atoms with Crippen molar-refractivity contribution in [2.45, 2.75) is 57.6 Å². The Morgan fingerprint density at radius 3 is 2.28 bits per heavy atom. The summed E-state index contributed by atoms with van der Waals surface area (Å²) >= 11 is 0. The van der Waals surface area contributed by atoms with Gasteiger partial charge in [0.05, 0.1) is 20.0 Å². The predicted octanol–water partition coefficient (Wildman–Crippen LogP) is -0.340. The number of carbonyl (C=O) groups excluding carboxylic acids is 5. The Morgan fingerprint density at radius 2 is 1.69 bits per heavy atom. The molecule has 176 valence electrons. The molecule has 0 aromatic carbocycles. The lowest BCUT2D eigenvalue weighted by atomic mass is 10.1. The second kappa shape index (κ2) is 11.3. The van der Waals surface area contributed by atoms with Crippen LogP contribution in [0.3, 0.4) is 0 Å². The van der Waals surface area contributed by atoms with Crippen LogP contribution >= 0.6 is 0 Å². The lowest BCUT2D eigenvalue weighted by molar-refractivity contribution is -0.167. The summed E-state index contributed by atoms with van der Waals surface area (Å²) in [4.78, 5) is 59.5. The molecule has 0 radical (unpaired) electrons. The number of primary amides is 1. The molecule has 1 saturated heterocycles. The number of rotatable bonds is 9. The highest BCUT2D eigenvalue weighted by atomic mass is 16.7. The molecule has 2 N–H and O–H groups in total. The van der Waals surface area contributed by atoms with Crippen LogP contribution in [0.15, 0.2) is 24.0 Å². The molecule has 1 amide bonds. The third-order valence-electron chi connectivity index (χ3n) is 4.59. The van der Waals surface area contributed by atoms with Gasteiger partial charge in [-0.2, -0.15) is 0 Å². The molecule has 12 nitrogen and oxygen atoms in total. The number of hydrogen-bond donors (Lipinski definition) is 1. The molecule has 0 unspecified atom stereocenters. The average Bonchev–Trinajstić information content (AvgIpc) is 3.06. The highest BCUT2D eigenvalue weighted by Gasteiger charge is 2.51. The van der Waals surface area contributed by atoms with Gasteiger partial charge >= 0.3 is 23.9 Å². The molecule has 0 spiro atoms. The van der Waals surface area contributed by atoms with Crippen molar-refractivity contribution in [3.05, 3.63) is 24.0 Å². The van der Waals surface area contributed by atoms with Crippen molar-refractivity contribution in [1.82, 2.24) is 4.90 Å². The number of ether oxygens (including phenoxy) is 5. The van der Waals surface area contributed by atoms with E-state index < -0.39 is 54.3 Å². The van der Waals surface area contributed by atoms with Gasteiger partial charge in [0, 0.05) is 31.8 Å². The molecule has 0 aliphatic carbocycles. The fraction of sp³-hybridized carbons (Fsp3) is 0.550. The number of carbonyl (C=O) groups is 5. The molecule has 4 atom stereocenters. The maximum Gasteiger partial charge on any atom is 0.306 e. The fourth-order valence-electron chi connectivity index (χ4n) is 3.19. The van der Waals surface area contributed by atoms with Gasteiger partial charge in [0.1, 0.15) is 12.7 Å². The van der Waals surface area contributed by atoms with Crippen LogP contribution in [0.5, 0.6) is 0 Å². The molecule has 2 rings (SSSR count). The smallest absolute Gasteiger partial charge is 0.306 e. The molecule has 0 aromatic rings. The molecule has 2 heterocycles. The summed E-state index contributed by atoms with van der Waals surface area (Å²) < 4.78 is 26.2. The van der Waals surface area contributed by atoms with Gasteiger partial charge in [-0.1, -0.05) is 6.08 Å². The van der Waals surface area contributed by atoms with Crippen LogP contribution in [0.4, 0.5) is 0 Å². The Hall–Kier alpha value is -3.41. The van der Waals surface area contributed by atoms with Crippen molar-refractivity contribution in [1.29, 1.82) is 0 Å². The van der Waals surface area contributed by atoms with Gasteiger partial charge in [-0.15, -0.1) is 0 Å². The molecular formula is C20H26N2O10. The quantitative estimate of drug-likeness (QED) is 0.358. The number of hydrogen-bond acceptors (Lipinski definition) is 11. The van der Waals surface area contributed by atoms with Gasteiger partial charge in [-0.05, 0) is 6.42 Å². The molecule has 12 heteroatoms. The SMILES string of the molecule is COC(=O)CCC(=O)OC[C@H]1O[C@@H](N2C=CCC(C(N)=O)=C2)[C@H](OC(C)=O)[C@@H]1OC(C)=O. The molecule has 0 aromatic heterocycles. The van der Waals surface area contributed by atoms with E-state index in [1.165, 1.54) is 32.1 Å². The van der Waals surface area contributed by atoms with Crippen molar-refractivity contribution >= 4 is 29.8 Å². The van der Waals surface area contributed by atoms with Gasteiger partial charge in [0.25, 0.3) is 0 Å². The maximum absolute atomic E-state index is 11.9. The summed E-state index contributed by atoms with van der Waals surface area (Å²) in [6.45, 7) is 2.01. The number of nitrogens with zero attached hydrogens (tertiary/aromatic N) is 1. The van der Waals surface area contributed by atoms with Crippen molar-refractivity contribution in [2.24, 2.45) is 5.73 Å². The maximum atomic E-state index is 11.9. The van der Waals surface area contributed by atoms with Gasteiger partial charge < -0.3 is 34.3 Å². The molecule has 1 fully saturated rings. The zero-order chi connectivity index (χ0) is 23.8. The average molecular weight is 454 g/mol. The normalized spacial score (nSPS) is 24.3. The number of allylic oxidation sites excluding steroid dienone is 1. The van der Waals surface area contributed by atoms with E-state index in [0.29, 0.717) is 12.0 Å². The summed E-state index contributed by atoms with van der Waals surface area (Å²) in [5.74, 6) is -3.21. The third-order valence-corrected chi connectivity index (χ3v) is 4.59. The van der Waals surface area contributed by atoms with Crippen LogP contribution in [0, 0.1) is 0 Å². The number of nitrogens with two attached hydrogens (primary N) is 1. The lowest BCUT2D eigenvalue weighted by Crippen LogP contribution is -2.45. The molecular weight excluding hydrogens is 428 g/mol. The van der Waals surface area contributed by atoms with Crippen LogP contribution in [0.1, 0.15) is 33.1 Å². The Labute approximate surface area is 184 Å². The molecule has 2 aliphatic rings. The first kappa shape index (κ1) is 24.9. The number of methoxy groups -OCH3 is 1. The molecule has 2 aliphatic heterocycles. The second-order valence-corrected chi connectivity index (χ2v) is 7.03. The van der Waals surface area contributed by atoms with Crippen LogP contribution in [-0.2, 0) is 47.7 Å². The minimum Gasteiger partial charge on any atom is -0.469 e. The van der Waals surface area contributed by atoms with E-state index in [2.05, 4.69) is 4.74 Å². The Bertz CT molecular complexity index is 821. The van der Waals surface area contributed by atoms with Crippen molar-refractivity contribution in [3.63, 3.8) is 0 Å². The van der Waals surface area contributed by atoms with E-state index in [9.17, 15) is 24.0 Å². The highest BCUT2D eigenvalue weighted by molar-refractivity contribution is 5.92. The van der Waals surface area contributed by atoms with E-state index in [4.69, 9.17) is 24.7 Å². The third kappa shape index (κ3) is 6.80. The minimum absolute atomic E-state index is 0.161. The second-order valence-electron chi connectivity index (χ2n) is 7.03. The topological polar surface area (TPSA) is 161 Å². The first-order valence-electron chi connectivity index (χ1n) is 9.79. The van der Waals surface area contributed by atoms with Gasteiger partial charge in [-0.25, -0.2) is 0 Å². The van der Waals surface area contributed by atoms with E-state index >= 15 is 0 Å². The number of amides is 1. The van der Waals surface area contributed by atoms with Crippen LogP contribution < -0.4 is 5.73 Å². The van der Waals surface area contributed by atoms with E-state index in [0.717, 1.165) is 0 Å². The van der Waals surface area contributed by atoms with Crippen molar-refractivity contribution < 1.29 is 47.7 Å². The Kier molecular flexibility index (Phi) is 8.76. The standard InChI is InChI=1S/C20H26N2O10/c1-11(23)30-17-14(10-29-16(26)7-6-15(25)28-3)32-20(18(17)31-12(2)24)22-8-4-5-13(9-22)19(21)27/h4,8-9,14,17-18,20H,5-7,10H2,1-3H3,(H2,21,27)/t14-,17-,18-,20-/m1/s1. The van der Waals surface area contributed by atoms with Crippen molar-refractivity contribution in [2.75, 3.05) is 13.7 Å². The van der Waals surface area contributed by atoms with E-state index in [1.54, 1.807) is 12.3 Å². The summed E-state index contributed by atoms with van der Waals surface area (Å²) in [7, 11) is 1.20. The number of esters is 4. The first-order chi connectivity index (χ1) is 15.1. The highest BCUT2D eigenvalue weighted by Crippen LogP contribution is 2.32. The fourth-order valence-corrected chi connectivity index (χ4v) is 3.19. The van der Waals surface area contributed by atoms with Gasteiger partial charge in [-0.3, -0.25) is 24.0 Å². The lowest BCUT2D eigenvalue weighted by Gasteiger charge is -2.30. The van der Waals surface area contributed by atoms with Gasteiger partial charge in [0.2, 0.25) is 5.91 Å². The van der Waals surface area contributed by atoms with Crippen molar-refractivity contribution in [3.8, 4) is 0 Å². The monoisotopic (exact) mass is 454 g/mol. The van der Waals surface area contributed by atoms with Crippen LogP contribution in [0.2, 0.25) is 0 Å². The summed E-state index contributed by atoms with van der Waals surface area (Å²) in [5, 5.41) is 0.